The second-order valence-electron chi connectivity index (χ2n) is 5.28. The molecule has 9 heteroatoms. The predicted octanol–water partition coefficient (Wildman–Crippen LogP) is 2.19. The molecule has 0 aliphatic heterocycles. The summed E-state index contributed by atoms with van der Waals surface area (Å²) in [6.07, 6.45) is 6.10. The fourth-order valence-electron chi connectivity index (χ4n) is 2.06. The van der Waals surface area contributed by atoms with Gasteiger partial charge in [0.25, 0.3) is 5.89 Å². The topological polar surface area (TPSA) is 107 Å². The lowest BCUT2D eigenvalue weighted by molar-refractivity contribution is 0.429. The average Bonchev–Trinajstić information content (AvgIpc) is 3.09. The van der Waals surface area contributed by atoms with Crippen LogP contribution in [0.5, 0.6) is 0 Å². The normalized spacial score (nSPS) is 11.5. The molecule has 0 amide bonds. The van der Waals surface area contributed by atoms with Crippen LogP contribution in [-0.2, 0) is 5.54 Å². The molecule has 3 heterocycles. The zero-order chi connectivity index (χ0) is 16.4. The lowest BCUT2D eigenvalue weighted by Crippen LogP contribution is -2.48. The van der Waals surface area contributed by atoms with Crippen molar-refractivity contribution in [3.63, 3.8) is 0 Å². The number of pyridine rings is 1. The Hall–Kier alpha value is -2.58. The zero-order valence-corrected chi connectivity index (χ0v) is 13.3. The van der Waals surface area contributed by atoms with E-state index in [1.165, 1.54) is 11.3 Å². The summed E-state index contributed by atoms with van der Waals surface area (Å²) in [5.74, 6) is 6.86. The highest BCUT2D eigenvalue weighted by Gasteiger charge is 2.32. The highest BCUT2D eigenvalue weighted by atomic mass is 35.5. The minimum absolute atomic E-state index is 0.319. The maximum absolute atomic E-state index is 6.22. The molecule has 3 rings (SSSR count). The van der Waals surface area contributed by atoms with Gasteiger partial charge in [-0.2, -0.15) is 4.98 Å². The fourth-order valence-corrected chi connectivity index (χ4v) is 2.41. The van der Waals surface area contributed by atoms with E-state index in [2.05, 4.69) is 25.1 Å². The Morgan fingerprint density at radius 1 is 1.17 bits per heavy atom. The Morgan fingerprint density at radius 3 is 2.52 bits per heavy atom. The predicted molar refractivity (Wildman–Crippen MR) is 84.3 cm³/mol. The first-order valence-corrected chi connectivity index (χ1v) is 7.13. The molecule has 118 valence electrons. The first-order valence-electron chi connectivity index (χ1n) is 6.75. The van der Waals surface area contributed by atoms with Gasteiger partial charge in [-0.3, -0.25) is 9.99 Å². The minimum atomic E-state index is -0.704. The number of nitrogens with zero attached hydrogens (tertiary/aromatic N) is 6. The van der Waals surface area contributed by atoms with Gasteiger partial charge in [-0.25, -0.2) is 15.8 Å². The molecule has 8 nitrogen and oxygen atoms in total. The van der Waals surface area contributed by atoms with Gasteiger partial charge < -0.3 is 4.52 Å². The molecule has 0 aromatic carbocycles. The van der Waals surface area contributed by atoms with Crippen LogP contribution in [0, 0.1) is 0 Å². The second-order valence-corrected chi connectivity index (χ2v) is 5.69. The summed E-state index contributed by atoms with van der Waals surface area (Å²) in [6, 6.07) is 3.53. The van der Waals surface area contributed by atoms with E-state index in [1.807, 2.05) is 13.8 Å². The highest BCUT2D eigenvalue weighted by Crippen LogP contribution is 2.31. The van der Waals surface area contributed by atoms with Gasteiger partial charge >= 0.3 is 0 Å². The van der Waals surface area contributed by atoms with Gasteiger partial charge in [0.05, 0.1) is 21.8 Å². The van der Waals surface area contributed by atoms with Gasteiger partial charge in [-0.15, -0.1) is 0 Å². The molecule has 0 aliphatic rings. The zero-order valence-electron chi connectivity index (χ0n) is 12.5. The number of nitrogens with two attached hydrogens (primary N) is 1. The van der Waals surface area contributed by atoms with Gasteiger partial charge in [0, 0.05) is 18.6 Å². The largest absolute Gasteiger partial charge is 0.334 e. The molecule has 0 saturated heterocycles. The monoisotopic (exact) mass is 331 g/mol. The van der Waals surface area contributed by atoms with Gasteiger partial charge in [0.1, 0.15) is 0 Å². The van der Waals surface area contributed by atoms with Crippen molar-refractivity contribution in [1.82, 2.24) is 25.1 Å². The lowest BCUT2D eigenvalue weighted by Gasteiger charge is -2.34. The van der Waals surface area contributed by atoms with Crippen molar-refractivity contribution in [2.75, 3.05) is 5.01 Å². The van der Waals surface area contributed by atoms with E-state index in [-0.39, 0.29) is 0 Å². The number of anilines is 1. The van der Waals surface area contributed by atoms with Crippen LogP contribution < -0.4 is 10.9 Å². The molecule has 0 aliphatic carbocycles. The highest BCUT2D eigenvalue weighted by molar-refractivity contribution is 6.31. The first-order chi connectivity index (χ1) is 11.0. The molecule has 3 aromatic heterocycles. The van der Waals surface area contributed by atoms with E-state index in [0.29, 0.717) is 28.1 Å². The van der Waals surface area contributed by atoms with Gasteiger partial charge in [-0.1, -0.05) is 16.8 Å². The van der Waals surface area contributed by atoms with Crippen LogP contribution in [0.25, 0.3) is 11.5 Å². The Labute approximate surface area is 137 Å². The Kier molecular flexibility index (Phi) is 3.93. The van der Waals surface area contributed by atoms with Crippen LogP contribution in [-0.4, -0.2) is 25.1 Å². The van der Waals surface area contributed by atoms with Crippen molar-refractivity contribution in [2.24, 2.45) is 5.84 Å². The number of hydrogen-bond acceptors (Lipinski definition) is 8. The standard InChI is InChI=1S/C14H14ClN7O/c1-14(2,11-10(15)4-3-5-17-11)22(16)13-18-6-9(7-19-13)12-20-8-21-23-12/h3-8H,16H2,1-2H3. The van der Waals surface area contributed by atoms with E-state index < -0.39 is 5.54 Å². The molecule has 0 saturated carbocycles. The van der Waals surface area contributed by atoms with E-state index in [4.69, 9.17) is 22.0 Å². The summed E-state index contributed by atoms with van der Waals surface area (Å²) in [5.41, 5.74) is 0.534. The van der Waals surface area contributed by atoms with Crippen molar-refractivity contribution in [3.05, 3.63) is 47.8 Å². The number of rotatable bonds is 4. The Bertz CT molecular complexity index is 789. The third-order valence-corrected chi connectivity index (χ3v) is 3.71. The smallest absolute Gasteiger partial charge is 0.260 e. The molecule has 0 bridgehead atoms. The minimum Gasteiger partial charge on any atom is -0.334 e. The summed E-state index contributed by atoms with van der Waals surface area (Å²) in [4.78, 5) is 16.7. The summed E-state index contributed by atoms with van der Waals surface area (Å²) in [7, 11) is 0. The van der Waals surface area contributed by atoms with Crippen LogP contribution >= 0.6 is 11.6 Å². The van der Waals surface area contributed by atoms with Crippen LogP contribution in [0.3, 0.4) is 0 Å². The molecule has 0 unspecified atom stereocenters. The maximum atomic E-state index is 6.22. The maximum Gasteiger partial charge on any atom is 0.260 e. The van der Waals surface area contributed by atoms with Crippen molar-refractivity contribution < 1.29 is 4.52 Å². The number of hydrogen-bond donors (Lipinski definition) is 1. The molecular weight excluding hydrogens is 318 g/mol. The molecule has 2 N–H and O–H groups in total. The molecular formula is C14H14ClN7O. The van der Waals surface area contributed by atoms with Crippen LogP contribution in [0.15, 0.2) is 41.6 Å². The van der Waals surface area contributed by atoms with Crippen molar-refractivity contribution in [2.45, 2.75) is 19.4 Å². The number of aromatic nitrogens is 5. The van der Waals surface area contributed by atoms with Crippen molar-refractivity contribution in [3.8, 4) is 11.5 Å². The first kappa shape index (κ1) is 15.3. The lowest BCUT2D eigenvalue weighted by atomic mass is 9.99. The van der Waals surface area contributed by atoms with E-state index in [0.717, 1.165) is 0 Å². The van der Waals surface area contributed by atoms with Crippen molar-refractivity contribution >= 4 is 17.5 Å². The summed E-state index contributed by atoms with van der Waals surface area (Å²) in [5, 5.41) is 5.48. The molecule has 0 spiro atoms. The molecule has 23 heavy (non-hydrogen) atoms. The van der Waals surface area contributed by atoms with Crippen LogP contribution in [0.1, 0.15) is 19.5 Å². The van der Waals surface area contributed by atoms with Crippen LogP contribution in [0.2, 0.25) is 5.02 Å². The summed E-state index contributed by atoms with van der Waals surface area (Å²) in [6.45, 7) is 3.77. The van der Waals surface area contributed by atoms with Crippen LogP contribution in [0.4, 0.5) is 5.95 Å². The van der Waals surface area contributed by atoms with E-state index >= 15 is 0 Å². The van der Waals surface area contributed by atoms with Gasteiger partial charge in [-0.05, 0) is 26.0 Å². The summed E-state index contributed by atoms with van der Waals surface area (Å²) >= 11 is 6.22. The van der Waals surface area contributed by atoms with Gasteiger partial charge in [0.2, 0.25) is 5.95 Å². The molecule has 3 aromatic rings. The quantitative estimate of drug-likeness (QED) is 0.572. The fraction of sp³-hybridized carbons (Fsp3) is 0.214. The molecule has 0 atom stereocenters. The van der Waals surface area contributed by atoms with Crippen molar-refractivity contribution in [1.29, 1.82) is 0 Å². The SMILES string of the molecule is CC(C)(c1ncccc1Cl)N(N)c1ncc(-c2ncno2)cn1. The van der Waals surface area contributed by atoms with E-state index in [1.54, 1.807) is 30.7 Å². The molecule has 0 radical (unpaired) electrons. The third-order valence-electron chi connectivity index (χ3n) is 3.40. The van der Waals surface area contributed by atoms with Gasteiger partial charge in [0.15, 0.2) is 6.33 Å². The molecule has 0 fully saturated rings. The number of hydrazine groups is 1. The Morgan fingerprint density at radius 2 is 1.91 bits per heavy atom. The third kappa shape index (κ3) is 2.86. The average molecular weight is 332 g/mol. The Balaban J connectivity index is 1.90. The second kappa shape index (κ2) is 5.90. The number of halogens is 1. The van der Waals surface area contributed by atoms with E-state index in [9.17, 15) is 0 Å². The summed E-state index contributed by atoms with van der Waals surface area (Å²) < 4.78 is 4.96.